The maximum Gasteiger partial charge on any atom is 0.118 e. The van der Waals surface area contributed by atoms with Crippen molar-refractivity contribution in [3.8, 4) is 11.5 Å². The molecule has 128 valence electrons. The predicted molar refractivity (Wildman–Crippen MR) is 101 cm³/mol. The molecule has 0 spiro atoms. The van der Waals surface area contributed by atoms with Gasteiger partial charge in [0.05, 0.1) is 14.2 Å². The van der Waals surface area contributed by atoms with E-state index in [4.69, 9.17) is 9.47 Å². The fourth-order valence-electron chi connectivity index (χ4n) is 2.18. The first-order valence-electron chi connectivity index (χ1n) is 8.37. The van der Waals surface area contributed by atoms with Crippen molar-refractivity contribution in [1.82, 2.24) is 0 Å². The lowest BCUT2D eigenvalue weighted by Gasteiger charge is -2.26. The monoisotopic (exact) mass is 316 g/mol. The van der Waals surface area contributed by atoms with E-state index in [0.29, 0.717) is 0 Å². The number of methoxy groups -OCH3 is 2. The van der Waals surface area contributed by atoms with Gasteiger partial charge in [0.25, 0.3) is 0 Å². The summed E-state index contributed by atoms with van der Waals surface area (Å²) in [6.07, 6.45) is 0. The van der Waals surface area contributed by atoms with E-state index in [2.05, 4.69) is 38.1 Å². The number of benzene rings is 2. The summed E-state index contributed by atoms with van der Waals surface area (Å²) in [7, 11) is 3.37. The van der Waals surface area contributed by atoms with Crippen molar-refractivity contribution in [2.75, 3.05) is 14.2 Å². The zero-order valence-electron chi connectivity index (χ0n) is 15.9. The highest BCUT2D eigenvalue weighted by molar-refractivity contribution is 5.41. The second-order valence-corrected chi connectivity index (χ2v) is 5.08. The first kappa shape index (κ1) is 21.0. The smallest absolute Gasteiger partial charge is 0.118 e. The number of hydrogen-bond acceptors (Lipinski definition) is 2. The molecule has 0 N–H and O–H groups in total. The Balaban J connectivity index is 0.00000112. The summed E-state index contributed by atoms with van der Waals surface area (Å²) in [5, 5.41) is 0. The molecule has 0 fully saturated rings. The van der Waals surface area contributed by atoms with Crippen molar-refractivity contribution in [2.24, 2.45) is 0 Å². The maximum atomic E-state index is 5.20. The van der Waals surface area contributed by atoms with Crippen LogP contribution >= 0.6 is 0 Å². The van der Waals surface area contributed by atoms with E-state index in [1.54, 1.807) is 14.2 Å². The van der Waals surface area contributed by atoms with E-state index in [-0.39, 0.29) is 5.41 Å². The number of rotatable bonds is 4. The second-order valence-electron chi connectivity index (χ2n) is 5.08. The van der Waals surface area contributed by atoms with Gasteiger partial charge in [0, 0.05) is 5.41 Å². The van der Waals surface area contributed by atoms with Crippen molar-refractivity contribution in [2.45, 2.75) is 47.0 Å². The van der Waals surface area contributed by atoms with Gasteiger partial charge in [-0.2, -0.15) is 0 Å². The van der Waals surface area contributed by atoms with Gasteiger partial charge in [0.15, 0.2) is 0 Å². The molecule has 2 nitrogen and oxygen atoms in total. The average molecular weight is 316 g/mol. The Hall–Kier alpha value is -1.96. The van der Waals surface area contributed by atoms with E-state index in [9.17, 15) is 0 Å². The Morgan fingerprint density at radius 3 is 1.04 bits per heavy atom. The quantitative estimate of drug-likeness (QED) is 0.680. The third-order valence-electron chi connectivity index (χ3n) is 3.62. The highest BCUT2D eigenvalue weighted by Gasteiger charge is 2.22. The molecule has 2 heteroatoms. The van der Waals surface area contributed by atoms with Gasteiger partial charge in [-0.3, -0.25) is 0 Å². The van der Waals surface area contributed by atoms with Crippen molar-refractivity contribution < 1.29 is 9.47 Å². The molecule has 2 aromatic rings. The molecule has 0 aliphatic carbocycles. The highest BCUT2D eigenvalue weighted by Crippen LogP contribution is 2.33. The summed E-state index contributed by atoms with van der Waals surface area (Å²) in [5.41, 5.74) is 2.48. The molecule has 0 atom stereocenters. The lowest BCUT2D eigenvalue weighted by atomic mass is 9.78. The summed E-state index contributed by atoms with van der Waals surface area (Å²) in [6.45, 7) is 12.4. The molecule has 0 aromatic heterocycles. The zero-order valence-corrected chi connectivity index (χ0v) is 15.9. The molecule has 0 heterocycles. The molecule has 2 aromatic carbocycles. The largest absolute Gasteiger partial charge is 0.497 e. The summed E-state index contributed by atoms with van der Waals surface area (Å²) in [5.74, 6) is 1.77. The van der Waals surface area contributed by atoms with Gasteiger partial charge in [0.2, 0.25) is 0 Å². The minimum Gasteiger partial charge on any atom is -0.497 e. The Morgan fingerprint density at radius 2 is 0.826 bits per heavy atom. The lowest BCUT2D eigenvalue weighted by molar-refractivity contribution is 0.414. The van der Waals surface area contributed by atoms with Crippen LogP contribution < -0.4 is 9.47 Å². The number of ether oxygens (including phenoxy) is 2. The fraction of sp³-hybridized carbons (Fsp3) is 0.429. The van der Waals surface area contributed by atoms with Gasteiger partial charge in [-0.05, 0) is 35.4 Å². The molecule has 0 aliphatic rings. The highest BCUT2D eigenvalue weighted by atomic mass is 16.5. The van der Waals surface area contributed by atoms with Crippen molar-refractivity contribution in [3.63, 3.8) is 0 Å². The van der Waals surface area contributed by atoms with Gasteiger partial charge < -0.3 is 9.47 Å². The molecule has 2 rings (SSSR count). The van der Waals surface area contributed by atoms with Crippen LogP contribution in [0.25, 0.3) is 0 Å². The third kappa shape index (κ3) is 5.63. The topological polar surface area (TPSA) is 18.5 Å². The summed E-state index contributed by atoms with van der Waals surface area (Å²) >= 11 is 0. The van der Waals surface area contributed by atoms with Crippen LogP contribution in [0.5, 0.6) is 11.5 Å². The van der Waals surface area contributed by atoms with Crippen LogP contribution in [-0.2, 0) is 5.41 Å². The fourth-order valence-corrected chi connectivity index (χ4v) is 2.18. The van der Waals surface area contributed by atoms with E-state index in [1.165, 1.54) is 11.1 Å². The summed E-state index contributed by atoms with van der Waals surface area (Å²) < 4.78 is 10.4. The minimum absolute atomic E-state index is 0.0431. The van der Waals surface area contributed by atoms with Crippen molar-refractivity contribution in [1.29, 1.82) is 0 Å². The standard InChI is InChI=1S/C17H20O2.2C2H6/c1-17(2,13-5-9-15(18-3)10-6-13)14-7-11-16(19-4)12-8-14;2*1-2/h5-12H,1-4H3;2*1-2H3. The van der Waals surface area contributed by atoms with Crippen molar-refractivity contribution in [3.05, 3.63) is 59.7 Å². The Kier molecular flexibility index (Phi) is 9.80. The van der Waals surface area contributed by atoms with Crippen LogP contribution in [0.2, 0.25) is 0 Å². The Labute approximate surface area is 142 Å². The zero-order chi connectivity index (χ0) is 17.9. The van der Waals surface area contributed by atoms with Gasteiger partial charge in [-0.15, -0.1) is 0 Å². The maximum absolute atomic E-state index is 5.20. The first-order chi connectivity index (χ1) is 11.1. The van der Waals surface area contributed by atoms with Crippen LogP contribution in [0.1, 0.15) is 52.7 Å². The molecular weight excluding hydrogens is 284 g/mol. The predicted octanol–water partition coefficient (Wildman–Crippen LogP) is 6.08. The summed E-state index contributed by atoms with van der Waals surface area (Å²) in [6, 6.07) is 16.5. The minimum atomic E-state index is -0.0431. The molecule has 0 saturated carbocycles. The van der Waals surface area contributed by atoms with Crippen LogP contribution in [0.4, 0.5) is 0 Å². The molecular formula is C21H32O2. The van der Waals surface area contributed by atoms with Gasteiger partial charge in [-0.1, -0.05) is 65.8 Å². The normalized spacial score (nSPS) is 9.74. The molecule has 0 aliphatic heterocycles. The molecule has 0 unspecified atom stereocenters. The van der Waals surface area contributed by atoms with Gasteiger partial charge >= 0.3 is 0 Å². The molecule has 0 saturated heterocycles. The van der Waals surface area contributed by atoms with E-state index >= 15 is 0 Å². The SMILES string of the molecule is CC.CC.COc1ccc(C(C)(C)c2ccc(OC)cc2)cc1. The summed E-state index contributed by atoms with van der Waals surface area (Å²) in [4.78, 5) is 0. The van der Waals surface area contributed by atoms with Crippen molar-refractivity contribution >= 4 is 0 Å². The van der Waals surface area contributed by atoms with E-state index in [0.717, 1.165) is 11.5 Å². The first-order valence-corrected chi connectivity index (χ1v) is 8.37. The molecule has 0 bridgehead atoms. The van der Waals surface area contributed by atoms with Crippen LogP contribution in [0.3, 0.4) is 0 Å². The molecule has 23 heavy (non-hydrogen) atoms. The van der Waals surface area contributed by atoms with Crippen LogP contribution in [0, 0.1) is 0 Å². The van der Waals surface area contributed by atoms with Crippen LogP contribution in [-0.4, -0.2) is 14.2 Å². The van der Waals surface area contributed by atoms with Gasteiger partial charge in [-0.25, -0.2) is 0 Å². The lowest BCUT2D eigenvalue weighted by Crippen LogP contribution is -2.18. The van der Waals surface area contributed by atoms with E-state index in [1.807, 2.05) is 52.0 Å². The molecule has 0 amide bonds. The average Bonchev–Trinajstić information content (AvgIpc) is 2.65. The van der Waals surface area contributed by atoms with E-state index < -0.39 is 0 Å². The number of hydrogen-bond donors (Lipinski definition) is 0. The Bertz CT molecular complexity index is 475. The third-order valence-corrected chi connectivity index (χ3v) is 3.62. The van der Waals surface area contributed by atoms with Crippen LogP contribution in [0.15, 0.2) is 48.5 Å². The second kappa shape index (κ2) is 10.7. The molecule has 0 radical (unpaired) electrons. The van der Waals surface area contributed by atoms with Gasteiger partial charge in [0.1, 0.15) is 11.5 Å². The Morgan fingerprint density at radius 1 is 0.565 bits per heavy atom.